The average molecular weight is 477 g/mol. The number of carbonyl (C=O) groups is 1. The summed E-state index contributed by atoms with van der Waals surface area (Å²) in [5.74, 6) is 0.162. The third-order valence-electron chi connectivity index (χ3n) is 6.17. The summed E-state index contributed by atoms with van der Waals surface area (Å²) in [7, 11) is 0. The highest BCUT2D eigenvalue weighted by molar-refractivity contribution is 5.95. The van der Waals surface area contributed by atoms with Crippen LogP contribution < -0.4 is 10.6 Å². The topological polar surface area (TPSA) is 105 Å². The number of nitrogens with zero attached hydrogens (tertiary/aromatic N) is 3. The molecule has 0 bridgehead atoms. The van der Waals surface area contributed by atoms with Crippen LogP contribution in [0.25, 0.3) is 33.1 Å². The normalized spacial score (nSPS) is 18.5. The largest absolute Gasteiger partial charge is 0.444 e. The highest BCUT2D eigenvalue weighted by atomic mass is 19.1. The molecule has 9 heteroatoms. The summed E-state index contributed by atoms with van der Waals surface area (Å²) in [6.07, 6.45) is 8.54. The Kier molecular flexibility index (Phi) is 6.00. The molecular formula is C26H29FN6O2. The Morgan fingerprint density at radius 3 is 2.69 bits per heavy atom. The van der Waals surface area contributed by atoms with Crippen molar-refractivity contribution >= 4 is 33.8 Å². The number of aromatic amines is 1. The van der Waals surface area contributed by atoms with E-state index in [-0.39, 0.29) is 17.9 Å². The summed E-state index contributed by atoms with van der Waals surface area (Å²) in [6, 6.07) is 6.76. The molecule has 1 aliphatic rings. The van der Waals surface area contributed by atoms with Gasteiger partial charge in [-0.15, -0.1) is 0 Å². The Labute approximate surface area is 202 Å². The van der Waals surface area contributed by atoms with Crippen LogP contribution in [0.5, 0.6) is 0 Å². The number of pyridine rings is 1. The first-order chi connectivity index (χ1) is 16.8. The lowest BCUT2D eigenvalue weighted by atomic mass is 9.90. The van der Waals surface area contributed by atoms with Gasteiger partial charge in [0.2, 0.25) is 5.95 Å². The van der Waals surface area contributed by atoms with Gasteiger partial charge in [-0.05, 0) is 45.7 Å². The van der Waals surface area contributed by atoms with Crippen molar-refractivity contribution in [2.24, 2.45) is 0 Å². The van der Waals surface area contributed by atoms with Crippen LogP contribution >= 0.6 is 0 Å². The number of ether oxygens (including phenoxy) is 1. The molecule has 3 N–H and O–H groups in total. The standard InChI is InChI=1S/C26H29FN6O2/c1-26(2,3)35-25(34)32-20-10-5-4-9-19(20)31-24-29-13-16-12-28-14-17(22(16)33-24)21-11-15-7-6-8-18(27)23(15)30-21/h6-8,11-14,19-20,30H,4-5,9-10H2,1-3H3,(H,32,34)(H,29,31,33). The number of benzene rings is 1. The van der Waals surface area contributed by atoms with E-state index in [1.54, 1.807) is 24.7 Å². The molecule has 3 heterocycles. The van der Waals surface area contributed by atoms with Crippen LogP contribution in [-0.2, 0) is 4.74 Å². The molecule has 1 saturated carbocycles. The van der Waals surface area contributed by atoms with Gasteiger partial charge in [0.25, 0.3) is 0 Å². The molecule has 1 aromatic carbocycles. The first-order valence-corrected chi connectivity index (χ1v) is 11.9. The third kappa shape index (κ3) is 5.03. The molecule has 5 rings (SSSR count). The second kappa shape index (κ2) is 9.13. The van der Waals surface area contributed by atoms with Crippen molar-refractivity contribution in [3.05, 3.63) is 48.7 Å². The molecule has 1 fully saturated rings. The van der Waals surface area contributed by atoms with Crippen molar-refractivity contribution in [1.82, 2.24) is 25.3 Å². The molecule has 35 heavy (non-hydrogen) atoms. The minimum absolute atomic E-state index is 0.0267. The van der Waals surface area contributed by atoms with Gasteiger partial charge in [-0.1, -0.05) is 25.0 Å². The monoisotopic (exact) mass is 476 g/mol. The number of alkyl carbamates (subject to hydrolysis) is 1. The Balaban J connectivity index is 1.42. The van der Waals surface area contributed by atoms with Crippen molar-refractivity contribution in [2.45, 2.75) is 64.1 Å². The number of rotatable bonds is 4. The Hall–Kier alpha value is -3.75. The molecule has 4 aromatic rings. The van der Waals surface area contributed by atoms with E-state index in [0.717, 1.165) is 47.7 Å². The number of amides is 1. The SMILES string of the molecule is CC(C)(C)OC(=O)NC1CCCCC1Nc1ncc2cncc(-c3cc4cccc(F)c4[nH]3)c2n1. The zero-order chi connectivity index (χ0) is 24.6. The summed E-state index contributed by atoms with van der Waals surface area (Å²) in [4.78, 5) is 29.1. The second-order valence-electron chi connectivity index (χ2n) is 9.99. The number of nitrogens with one attached hydrogen (secondary N) is 3. The van der Waals surface area contributed by atoms with Gasteiger partial charge in [-0.3, -0.25) is 4.98 Å². The van der Waals surface area contributed by atoms with E-state index in [1.807, 2.05) is 32.9 Å². The van der Waals surface area contributed by atoms with Crippen LogP contribution in [0, 0.1) is 5.82 Å². The maximum atomic E-state index is 14.3. The van der Waals surface area contributed by atoms with Gasteiger partial charge in [-0.25, -0.2) is 19.2 Å². The maximum absolute atomic E-state index is 14.3. The predicted octanol–water partition coefficient (Wildman–Crippen LogP) is 5.56. The van der Waals surface area contributed by atoms with E-state index in [1.165, 1.54) is 6.07 Å². The fourth-order valence-corrected chi connectivity index (χ4v) is 4.59. The molecule has 0 spiro atoms. The van der Waals surface area contributed by atoms with Crippen molar-refractivity contribution in [2.75, 3.05) is 5.32 Å². The number of para-hydroxylation sites is 1. The molecule has 3 aromatic heterocycles. The van der Waals surface area contributed by atoms with Gasteiger partial charge in [0.15, 0.2) is 0 Å². The first kappa shape index (κ1) is 23.0. The molecule has 2 atom stereocenters. The van der Waals surface area contributed by atoms with Gasteiger partial charge in [0.05, 0.1) is 22.8 Å². The van der Waals surface area contributed by atoms with Gasteiger partial charge < -0.3 is 20.4 Å². The van der Waals surface area contributed by atoms with Crippen molar-refractivity contribution < 1.29 is 13.9 Å². The summed E-state index contributed by atoms with van der Waals surface area (Å²) in [5.41, 5.74) is 2.09. The molecule has 1 amide bonds. The van der Waals surface area contributed by atoms with Crippen molar-refractivity contribution in [3.63, 3.8) is 0 Å². The third-order valence-corrected chi connectivity index (χ3v) is 6.17. The molecule has 182 valence electrons. The highest BCUT2D eigenvalue weighted by Crippen LogP contribution is 2.30. The van der Waals surface area contributed by atoms with Crippen LogP contribution in [0.1, 0.15) is 46.5 Å². The average Bonchev–Trinajstić information content (AvgIpc) is 3.24. The number of aromatic nitrogens is 4. The van der Waals surface area contributed by atoms with E-state index < -0.39 is 11.7 Å². The van der Waals surface area contributed by atoms with Gasteiger partial charge in [-0.2, -0.15) is 0 Å². The summed E-state index contributed by atoms with van der Waals surface area (Å²) >= 11 is 0. The second-order valence-corrected chi connectivity index (χ2v) is 9.99. The predicted molar refractivity (Wildman–Crippen MR) is 134 cm³/mol. The molecule has 0 saturated heterocycles. The summed E-state index contributed by atoms with van der Waals surface area (Å²) in [5, 5.41) is 7.99. The van der Waals surface area contributed by atoms with Gasteiger partial charge >= 0.3 is 6.09 Å². The molecule has 0 aliphatic heterocycles. The van der Waals surface area contributed by atoms with Gasteiger partial charge in [0.1, 0.15) is 11.4 Å². The van der Waals surface area contributed by atoms with Gasteiger partial charge in [0, 0.05) is 41.0 Å². The smallest absolute Gasteiger partial charge is 0.407 e. The Morgan fingerprint density at radius 1 is 1.11 bits per heavy atom. The summed E-state index contributed by atoms with van der Waals surface area (Å²) in [6.45, 7) is 5.54. The zero-order valence-electron chi connectivity index (χ0n) is 20.1. The van der Waals surface area contributed by atoms with Crippen LogP contribution in [0.4, 0.5) is 15.1 Å². The quantitative estimate of drug-likeness (QED) is 0.356. The van der Waals surface area contributed by atoms with E-state index in [0.29, 0.717) is 17.0 Å². The fourth-order valence-electron chi connectivity index (χ4n) is 4.59. The number of H-pyrrole nitrogens is 1. The lowest BCUT2D eigenvalue weighted by Gasteiger charge is -2.33. The minimum Gasteiger partial charge on any atom is -0.444 e. The number of hydrogen-bond acceptors (Lipinski definition) is 6. The van der Waals surface area contributed by atoms with E-state index in [9.17, 15) is 9.18 Å². The van der Waals surface area contributed by atoms with E-state index in [2.05, 4.69) is 25.6 Å². The number of carbonyl (C=O) groups excluding carboxylic acids is 1. The molecule has 8 nitrogen and oxygen atoms in total. The number of fused-ring (bicyclic) bond motifs is 2. The Morgan fingerprint density at radius 2 is 1.91 bits per heavy atom. The first-order valence-electron chi connectivity index (χ1n) is 11.9. The van der Waals surface area contributed by atoms with E-state index in [4.69, 9.17) is 9.72 Å². The number of anilines is 1. The molecule has 1 aliphatic carbocycles. The maximum Gasteiger partial charge on any atom is 0.407 e. The molecule has 2 unspecified atom stereocenters. The minimum atomic E-state index is -0.556. The Bertz CT molecular complexity index is 1380. The van der Waals surface area contributed by atoms with Crippen molar-refractivity contribution in [1.29, 1.82) is 0 Å². The highest BCUT2D eigenvalue weighted by Gasteiger charge is 2.29. The van der Waals surface area contributed by atoms with Crippen molar-refractivity contribution in [3.8, 4) is 11.3 Å². The lowest BCUT2D eigenvalue weighted by molar-refractivity contribution is 0.0488. The van der Waals surface area contributed by atoms with Crippen LogP contribution in [0.15, 0.2) is 42.9 Å². The van der Waals surface area contributed by atoms with Crippen LogP contribution in [0.2, 0.25) is 0 Å². The lowest BCUT2D eigenvalue weighted by Crippen LogP contribution is -2.50. The van der Waals surface area contributed by atoms with Crippen LogP contribution in [0.3, 0.4) is 0 Å². The molecule has 0 radical (unpaired) electrons. The van der Waals surface area contributed by atoms with E-state index >= 15 is 0 Å². The number of hydrogen-bond donors (Lipinski definition) is 3. The summed E-state index contributed by atoms with van der Waals surface area (Å²) < 4.78 is 19.7. The number of halogens is 1. The zero-order valence-corrected chi connectivity index (χ0v) is 20.1. The fraction of sp³-hybridized carbons (Fsp3) is 0.385. The van der Waals surface area contributed by atoms with Crippen LogP contribution in [-0.4, -0.2) is 43.7 Å². The molecular weight excluding hydrogens is 447 g/mol.